The summed E-state index contributed by atoms with van der Waals surface area (Å²) in [6.45, 7) is 5.09. The molecule has 7 heteroatoms. The van der Waals surface area contributed by atoms with Crippen LogP contribution in [0.5, 0.6) is 5.75 Å². The average Bonchev–Trinajstić information content (AvgIpc) is 2.65. The highest BCUT2D eigenvalue weighted by Crippen LogP contribution is 2.20. The van der Waals surface area contributed by atoms with Gasteiger partial charge in [0.15, 0.2) is 0 Å². The van der Waals surface area contributed by atoms with E-state index in [0.29, 0.717) is 6.54 Å². The first-order valence-electron chi connectivity index (χ1n) is 8.55. The Bertz CT molecular complexity index is 759. The van der Waals surface area contributed by atoms with Gasteiger partial charge < -0.3 is 4.74 Å². The fourth-order valence-corrected chi connectivity index (χ4v) is 3.15. The Hall–Kier alpha value is -2.51. The highest BCUT2D eigenvalue weighted by Gasteiger charge is 2.19. The number of nitro groups is 1. The second-order valence-corrected chi connectivity index (χ2v) is 6.44. The number of halogens is 1. The van der Waals surface area contributed by atoms with Crippen molar-refractivity contribution in [2.75, 3.05) is 33.3 Å². The highest BCUT2D eigenvalue weighted by molar-refractivity contribution is 5.36. The van der Waals surface area contributed by atoms with Crippen molar-refractivity contribution in [3.8, 4) is 5.75 Å². The van der Waals surface area contributed by atoms with Gasteiger partial charge in [0, 0.05) is 45.3 Å². The minimum Gasteiger partial charge on any atom is -0.497 e. The minimum absolute atomic E-state index is 0.458. The molecule has 2 aromatic carbocycles. The van der Waals surface area contributed by atoms with E-state index >= 15 is 0 Å². The third kappa shape index (κ3) is 4.56. The zero-order valence-corrected chi connectivity index (χ0v) is 14.7. The Morgan fingerprint density at radius 2 is 1.54 bits per heavy atom. The van der Waals surface area contributed by atoms with Gasteiger partial charge in [-0.1, -0.05) is 18.2 Å². The maximum atomic E-state index is 13.4. The molecule has 1 heterocycles. The molecule has 0 saturated carbocycles. The van der Waals surface area contributed by atoms with E-state index in [0.717, 1.165) is 44.0 Å². The predicted molar refractivity (Wildman–Crippen MR) is 96.6 cm³/mol. The number of rotatable bonds is 6. The molecule has 0 bridgehead atoms. The summed E-state index contributed by atoms with van der Waals surface area (Å²) in [7, 11) is 1.66. The van der Waals surface area contributed by atoms with Crippen molar-refractivity contribution in [3.05, 3.63) is 69.5 Å². The Balaban J connectivity index is 1.52. The van der Waals surface area contributed by atoms with Crippen LogP contribution < -0.4 is 4.74 Å². The van der Waals surface area contributed by atoms with Crippen LogP contribution in [-0.4, -0.2) is 48.0 Å². The Morgan fingerprint density at radius 1 is 1.00 bits per heavy atom. The zero-order chi connectivity index (χ0) is 18.5. The third-order valence-corrected chi connectivity index (χ3v) is 4.64. The fraction of sp³-hybridized carbons (Fsp3) is 0.368. The van der Waals surface area contributed by atoms with Gasteiger partial charge in [-0.15, -0.1) is 0 Å². The molecule has 0 aliphatic carbocycles. The molecule has 1 fully saturated rings. The molecule has 0 radical (unpaired) electrons. The minimum atomic E-state index is -0.789. The molecule has 1 aliphatic rings. The van der Waals surface area contributed by atoms with Gasteiger partial charge in [-0.05, 0) is 29.3 Å². The van der Waals surface area contributed by atoms with Crippen LogP contribution in [0, 0.1) is 15.9 Å². The molecule has 2 aromatic rings. The van der Waals surface area contributed by atoms with Crippen molar-refractivity contribution in [3.63, 3.8) is 0 Å². The van der Waals surface area contributed by atoms with Gasteiger partial charge in [0.1, 0.15) is 5.75 Å². The van der Waals surface area contributed by atoms with E-state index < -0.39 is 16.4 Å². The van der Waals surface area contributed by atoms with Crippen LogP contribution in [0.1, 0.15) is 11.1 Å². The number of methoxy groups -OCH3 is 1. The van der Waals surface area contributed by atoms with E-state index in [4.69, 9.17) is 4.74 Å². The normalized spacial score (nSPS) is 15.8. The Labute approximate surface area is 151 Å². The molecular formula is C19H22FN3O3. The standard InChI is InChI=1S/C19H22FN3O3/c1-26-17-5-2-15(3-6-17)13-21-8-10-22(11-9-21)14-16-4-7-18(20)19(12-16)23(24)25/h2-7,12H,8-11,13-14H2,1H3. The SMILES string of the molecule is COc1ccc(CN2CCN(Cc3ccc(F)c([N+](=O)[O-])c3)CC2)cc1. The smallest absolute Gasteiger partial charge is 0.305 e. The summed E-state index contributed by atoms with van der Waals surface area (Å²) < 4.78 is 18.6. The number of ether oxygens (including phenoxy) is 1. The second-order valence-electron chi connectivity index (χ2n) is 6.44. The molecule has 0 atom stereocenters. The molecule has 138 valence electrons. The number of piperazine rings is 1. The van der Waals surface area contributed by atoms with Gasteiger partial charge in [0.05, 0.1) is 12.0 Å². The maximum absolute atomic E-state index is 13.4. The summed E-state index contributed by atoms with van der Waals surface area (Å²) in [6.07, 6.45) is 0. The molecule has 6 nitrogen and oxygen atoms in total. The van der Waals surface area contributed by atoms with Crippen LogP contribution in [0.3, 0.4) is 0 Å². The molecule has 0 N–H and O–H groups in total. The van der Waals surface area contributed by atoms with Crippen molar-refractivity contribution < 1.29 is 14.1 Å². The van der Waals surface area contributed by atoms with Crippen LogP contribution in [0.4, 0.5) is 10.1 Å². The fourth-order valence-electron chi connectivity index (χ4n) is 3.15. The number of hydrogen-bond acceptors (Lipinski definition) is 5. The van der Waals surface area contributed by atoms with Crippen molar-refractivity contribution in [1.29, 1.82) is 0 Å². The summed E-state index contributed by atoms with van der Waals surface area (Å²) in [5, 5.41) is 10.9. The van der Waals surface area contributed by atoms with E-state index in [-0.39, 0.29) is 0 Å². The molecule has 1 saturated heterocycles. The second kappa shape index (κ2) is 8.25. The first kappa shape index (κ1) is 18.3. The monoisotopic (exact) mass is 359 g/mol. The van der Waals surface area contributed by atoms with Crippen molar-refractivity contribution in [2.24, 2.45) is 0 Å². The van der Waals surface area contributed by atoms with E-state index in [2.05, 4.69) is 21.9 Å². The summed E-state index contributed by atoms with van der Waals surface area (Å²) in [4.78, 5) is 14.8. The lowest BCUT2D eigenvalue weighted by atomic mass is 10.1. The number of benzene rings is 2. The third-order valence-electron chi connectivity index (χ3n) is 4.64. The zero-order valence-electron chi connectivity index (χ0n) is 14.7. The van der Waals surface area contributed by atoms with Gasteiger partial charge in [-0.2, -0.15) is 4.39 Å². The topological polar surface area (TPSA) is 58.8 Å². The molecule has 0 spiro atoms. The van der Waals surface area contributed by atoms with Crippen molar-refractivity contribution in [1.82, 2.24) is 9.80 Å². The first-order chi connectivity index (χ1) is 12.5. The summed E-state index contributed by atoms with van der Waals surface area (Å²) in [5.74, 6) is 0.0648. The maximum Gasteiger partial charge on any atom is 0.305 e. The van der Waals surface area contributed by atoms with Crippen molar-refractivity contribution >= 4 is 5.69 Å². The van der Waals surface area contributed by atoms with Crippen LogP contribution in [-0.2, 0) is 13.1 Å². The summed E-state index contributed by atoms with van der Waals surface area (Å²) in [6, 6.07) is 12.2. The Kier molecular flexibility index (Phi) is 5.80. The predicted octanol–water partition coefficient (Wildman–Crippen LogP) is 3.06. The lowest BCUT2D eigenvalue weighted by Gasteiger charge is -2.34. The van der Waals surface area contributed by atoms with Gasteiger partial charge in [-0.25, -0.2) is 0 Å². The van der Waals surface area contributed by atoms with Gasteiger partial charge in [0.25, 0.3) is 0 Å². The van der Waals surface area contributed by atoms with E-state index in [1.54, 1.807) is 13.2 Å². The number of hydrogen-bond donors (Lipinski definition) is 0. The lowest BCUT2D eigenvalue weighted by Crippen LogP contribution is -2.45. The molecule has 1 aliphatic heterocycles. The van der Waals surface area contributed by atoms with Crippen LogP contribution in [0.2, 0.25) is 0 Å². The van der Waals surface area contributed by atoms with E-state index in [1.807, 2.05) is 12.1 Å². The molecule has 3 rings (SSSR count). The lowest BCUT2D eigenvalue weighted by molar-refractivity contribution is -0.387. The van der Waals surface area contributed by atoms with Crippen molar-refractivity contribution in [2.45, 2.75) is 13.1 Å². The van der Waals surface area contributed by atoms with E-state index in [1.165, 1.54) is 17.7 Å². The summed E-state index contributed by atoms with van der Waals surface area (Å²) in [5.41, 5.74) is 1.55. The quantitative estimate of drug-likeness (QED) is 0.586. The number of nitro benzene ring substituents is 1. The largest absolute Gasteiger partial charge is 0.497 e. The Morgan fingerprint density at radius 3 is 2.08 bits per heavy atom. The van der Waals surface area contributed by atoms with E-state index in [9.17, 15) is 14.5 Å². The molecule has 26 heavy (non-hydrogen) atoms. The summed E-state index contributed by atoms with van der Waals surface area (Å²) >= 11 is 0. The van der Waals surface area contributed by atoms with Crippen LogP contribution >= 0.6 is 0 Å². The van der Waals surface area contributed by atoms with Crippen LogP contribution in [0.25, 0.3) is 0 Å². The number of nitrogens with zero attached hydrogens (tertiary/aromatic N) is 3. The van der Waals surface area contributed by atoms with Gasteiger partial charge in [0.2, 0.25) is 5.82 Å². The molecular weight excluding hydrogens is 337 g/mol. The van der Waals surface area contributed by atoms with Gasteiger partial charge >= 0.3 is 5.69 Å². The highest BCUT2D eigenvalue weighted by atomic mass is 19.1. The molecule has 0 amide bonds. The molecule has 0 unspecified atom stereocenters. The first-order valence-corrected chi connectivity index (χ1v) is 8.55. The average molecular weight is 359 g/mol. The molecule has 0 aromatic heterocycles. The van der Waals surface area contributed by atoms with Crippen LogP contribution in [0.15, 0.2) is 42.5 Å². The van der Waals surface area contributed by atoms with Gasteiger partial charge in [-0.3, -0.25) is 19.9 Å².